The minimum atomic E-state index is -4.44. The summed E-state index contributed by atoms with van der Waals surface area (Å²) in [6, 6.07) is 9.95. The van der Waals surface area contributed by atoms with E-state index in [1.807, 2.05) is 6.92 Å². The summed E-state index contributed by atoms with van der Waals surface area (Å²) < 4.78 is 51.3. The molecule has 0 N–H and O–H groups in total. The van der Waals surface area contributed by atoms with E-state index in [0.29, 0.717) is 29.1 Å². The van der Waals surface area contributed by atoms with Crippen LogP contribution < -0.4 is 9.47 Å². The molecule has 0 unspecified atom stereocenters. The molecule has 1 heterocycles. The van der Waals surface area contributed by atoms with Crippen molar-refractivity contribution in [2.75, 3.05) is 7.11 Å². The Balaban J connectivity index is 1.76. The van der Waals surface area contributed by atoms with Crippen LogP contribution >= 0.6 is 0 Å². The summed E-state index contributed by atoms with van der Waals surface area (Å²) in [5.41, 5.74) is 1.77. The molecule has 0 fully saturated rings. The Morgan fingerprint density at radius 3 is 2.62 bits per heavy atom. The van der Waals surface area contributed by atoms with Crippen LogP contribution in [0.25, 0.3) is 6.08 Å². The average Bonchev–Trinajstić information content (AvgIpc) is 3.16. The Kier molecular flexibility index (Phi) is 7.02. The molecule has 32 heavy (non-hydrogen) atoms. The van der Waals surface area contributed by atoms with Crippen molar-refractivity contribution in [1.82, 2.24) is 9.78 Å². The van der Waals surface area contributed by atoms with Crippen molar-refractivity contribution in [2.24, 2.45) is 0 Å². The lowest BCUT2D eigenvalue weighted by Crippen LogP contribution is -2.05. The number of carbonyl (C=O) groups excluding carboxylic acids is 1. The Morgan fingerprint density at radius 1 is 1.19 bits per heavy atom. The second-order valence-electron chi connectivity index (χ2n) is 7.07. The molecule has 0 aliphatic heterocycles. The number of allylic oxidation sites excluding steroid dienone is 1. The number of nitrogens with zero attached hydrogens (tertiary/aromatic N) is 2. The molecule has 0 aliphatic carbocycles. The summed E-state index contributed by atoms with van der Waals surface area (Å²) in [5, 5.41) is 4.27. The first-order chi connectivity index (χ1) is 15.2. The third kappa shape index (κ3) is 5.57. The maximum absolute atomic E-state index is 12.9. The van der Waals surface area contributed by atoms with E-state index >= 15 is 0 Å². The Bertz CT molecular complexity index is 1130. The predicted molar refractivity (Wildman–Crippen MR) is 115 cm³/mol. The number of methoxy groups -OCH3 is 1. The molecule has 0 aliphatic rings. The molecule has 3 rings (SSSR count). The van der Waals surface area contributed by atoms with Crippen molar-refractivity contribution in [3.05, 3.63) is 82.7 Å². The van der Waals surface area contributed by atoms with Crippen LogP contribution in [-0.2, 0) is 19.3 Å². The molecule has 1 aromatic heterocycles. The summed E-state index contributed by atoms with van der Waals surface area (Å²) in [6.07, 6.45) is 0.395. The van der Waals surface area contributed by atoms with Gasteiger partial charge in [-0.2, -0.15) is 18.3 Å². The minimum Gasteiger partial charge on any atom is -0.496 e. The van der Waals surface area contributed by atoms with Gasteiger partial charge in [-0.3, -0.25) is 9.48 Å². The van der Waals surface area contributed by atoms with Gasteiger partial charge in [0.25, 0.3) is 0 Å². The van der Waals surface area contributed by atoms with E-state index in [1.165, 1.54) is 25.3 Å². The van der Waals surface area contributed by atoms with Crippen molar-refractivity contribution in [2.45, 2.75) is 33.2 Å². The Labute approximate surface area is 184 Å². The quantitative estimate of drug-likeness (QED) is 0.330. The lowest BCUT2D eigenvalue weighted by Gasteiger charge is -2.13. The number of halogens is 3. The fourth-order valence-corrected chi connectivity index (χ4v) is 3.12. The highest BCUT2D eigenvalue weighted by Crippen LogP contribution is 2.32. The number of alkyl halides is 3. The van der Waals surface area contributed by atoms with Crippen LogP contribution in [0.2, 0.25) is 0 Å². The van der Waals surface area contributed by atoms with Crippen LogP contribution in [0.3, 0.4) is 0 Å². The first-order valence-corrected chi connectivity index (χ1v) is 9.94. The van der Waals surface area contributed by atoms with Crippen LogP contribution in [0.15, 0.2) is 54.7 Å². The predicted octanol–water partition coefficient (Wildman–Crippen LogP) is 5.71. The minimum absolute atomic E-state index is 0.00247. The first-order valence-electron chi connectivity index (χ1n) is 9.94. The monoisotopic (exact) mass is 444 g/mol. The topological polar surface area (TPSA) is 53.4 Å². The van der Waals surface area contributed by atoms with Crippen molar-refractivity contribution < 1.29 is 27.4 Å². The highest BCUT2D eigenvalue weighted by atomic mass is 19.4. The number of ether oxygens (including phenoxy) is 2. The summed E-state index contributed by atoms with van der Waals surface area (Å²) in [6.45, 7) is 4.40. The molecule has 8 heteroatoms. The van der Waals surface area contributed by atoms with E-state index in [0.717, 1.165) is 17.7 Å². The molecule has 0 saturated heterocycles. The normalized spacial score (nSPS) is 11.7. The third-order valence-corrected chi connectivity index (χ3v) is 4.82. The van der Waals surface area contributed by atoms with Crippen molar-refractivity contribution in [3.63, 3.8) is 0 Å². The molecule has 0 amide bonds. The van der Waals surface area contributed by atoms with E-state index in [1.54, 1.807) is 42.1 Å². The lowest BCUT2D eigenvalue weighted by molar-refractivity contribution is -0.137. The molecule has 0 spiro atoms. The van der Waals surface area contributed by atoms with E-state index in [4.69, 9.17) is 9.47 Å². The Morgan fingerprint density at radius 2 is 1.97 bits per heavy atom. The van der Waals surface area contributed by atoms with Crippen molar-refractivity contribution in [3.8, 4) is 11.5 Å². The standard InChI is InChI=1S/C24H23F3N2O3/c1-4-29-14-21(16(2)28-29)22(30)10-8-17-9-11-23(31-3)18(12-17)15-32-20-7-5-6-19(13-20)24(25,26)27/h5-14H,4,15H2,1-3H3/b10-8+. The van der Waals surface area contributed by atoms with E-state index < -0.39 is 11.7 Å². The molecule has 3 aromatic rings. The van der Waals surface area contributed by atoms with Crippen LogP contribution in [0, 0.1) is 6.92 Å². The molecular formula is C24H23F3N2O3. The molecule has 5 nitrogen and oxygen atoms in total. The maximum Gasteiger partial charge on any atom is 0.416 e. The van der Waals surface area contributed by atoms with Crippen LogP contribution in [0.5, 0.6) is 11.5 Å². The second-order valence-corrected chi connectivity index (χ2v) is 7.07. The fourth-order valence-electron chi connectivity index (χ4n) is 3.12. The molecule has 168 valence electrons. The van der Waals surface area contributed by atoms with Crippen molar-refractivity contribution >= 4 is 11.9 Å². The van der Waals surface area contributed by atoms with Gasteiger partial charge in [-0.25, -0.2) is 0 Å². The largest absolute Gasteiger partial charge is 0.496 e. The van der Waals surface area contributed by atoms with Crippen LogP contribution in [0.4, 0.5) is 13.2 Å². The smallest absolute Gasteiger partial charge is 0.416 e. The Hall–Kier alpha value is -3.55. The zero-order chi connectivity index (χ0) is 23.3. The number of hydrogen-bond acceptors (Lipinski definition) is 4. The van der Waals surface area contributed by atoms with Gasteiger partial charge < -0.3 is 9.47 Å². The number of aromatic nitrogens is 2. The van der Waals surface area contributed by atoms with Gasteiger partial charge in [0, 0.05) is 18.3 Å². The third-order valence-electron chi connectivity index (χ3n) is 4.82. The molecule has 0 radical (unpaired) electrons. The number of aryl methyl sites for hydroxylation is 2. The maximum atomic E-state index is 12.9. The zero-order valence-electron chi connectivity index (χ0n) is 17.9. The lowest BCUT2D eigenvalue weighted by atomic mass is 10.1. The van der Waals surface area contributed by atoms with Crippen LogP contribution in [0.1, 0.15) is 39.7 Å². The van der Waals surface area contributed by atoms with Gasteiger partial charge in [-0.05, 0) is 55.8 Å². The fraction of sp³-hybridized carbons (Fsp3) is 0.250. The molecule has 0 bridgehead atoms. The summed E-state index contributed by atoms with van der Waals surface area (Å²) >= 11 is 0. The van der Waals surface area contributed by atoms with Gasteiger partial charge in [0.1, 0.15) is 18.1 Å². The van der Waals surface area contributed by atoms with E-state index in [-0.39, 0.29) is 18.1 Å². The van der Waals surface area contributed by atoms with E-state index in [9.17, 15) is 18.0 Å². The molecular weight excluding hydrogens is 421 g/mol. The van der Waals surface area contributed by atoms with Gasteiger partial charge in [0.15, 0.2) is 5.78 Å². The van der Waals surface area contributed by atoms with Crippen LogP contribution in [-0.4, -0.2) is 22.7 Å². The molecule has 0 atom stereocenters. The number of ketones is 1. The van der Waals surface area contributed by atoms with Gasteiger partial charge in [0.05, 0.1) is 23.9 Å². The average molecular weight is 444 g/mol. The van der Waals surface area contributed by atoms with Gasteiger partial charge >= 0.3 is 6.18 Å². The van der Waals surface area contributed by atoms with Gasteiger partial charge in [-0.1, -0.05) is 18.2 Å². The van der Waals surface area contributed by atoms with Gasteiger partial charge in [-0.15, -0.1) is 0 Å². The number of benzene rings is 2. The summed E-state index contributed by atoms with van der Waals surface area (Å²) in [4.78, 5) is 12.5. The first kappa shape index (κ1) is 23.1. The van der Waals surface area contributed by atoms with Gasteiger partial charge in [0.2, 0.25) is 0 Å². The highest BCUT2D eigenvalue weighted by Gasteiger charge is 2.30. The number of hydrogen-bond donors (Lipinski definition) is 0. The van der Waals surface area contributed by atoms with Crippen molar-refractivity contribution in [1.29, 1.82) is 0 Å². The number of rotatable bonds is 8. The van der Waals surface area contributed by atoms with E-state index in [2.05, 4.69) is 5.10 Å². The SMILES string of the molecule is CCn1cc(C(=O)/C=C/c2ccc(OC)c(COc3cccc(C(F)(F)F)c3)c2)c(C)n1. The zero-order valence-corrected chi connectivity index (χ0v) is 17.9. The molecule has 0 saturated carbocycles. The highest BCUT2D eigenvalue weighted by molar-refractivity contribution is 6.07. The molecule has 2 aromatic carbocycles. The summed E-state index contributed by atoms with van der Waals surface area (Å²) in [7, 11) is 1.50. The second kappa shape index (κ2) is 9.72. The number of carbonyl (C=O) groups is 1. The summed E-state index contributed by atoms with van der Waals surface area (Å²) in [5.74, 6) is 0.460.